The van der Waals surface area contributed by atoms with Crippen molar-refractivity contribution >= 4 is 64.6 Å². The summed E-state index contributed by atoms with van der Waals surface area (Å²) in [4.78, 5) is 0. The van der Waals surface area contributed by atoms with Crippen LogP contribution in [0.2, 0.25) is 0 Å². The molecule has 0 aliphatic rings. The van der Waals surface area contributed by atoms with Gasteiger partial charge in [0.25, 0.3) is 0 Å². The molecule has 0 nitrogen and oxygen atoms in total. The molecule has 0 aromatic heterocycles. The molecule has 0 fully saturated rings. The lowest BCUT2D eigenvalue weighted by molar-refractivity contribution is 1.38. The molecule has 0 N–H and O–H groups in total. The first-order valence-electron chi connectivity index (χ1n) is 24.1. The highest BCUT2D eigenvalue weighted by Gasteiger charge is 2.20. The summed E-state index contributed by atoms with van der Waals surface area (Å²) >= 11 is 0. The van der Waals surface area contributed by atoms with Gasteiger partial charge in [-0.2, -0.15) is 0 Å². The van der Waals surface area contributed by atoms with E-state index < -0.39 is 0 Å². The van der Waals surface area contributed by atoms with Crippen LogP contribution in [-0.2, 0) is 0 Å². The van der Waals surface area contributed by atoms with Crippen molar-refractivity contribution in [1.82, 2.24) is 0 Å². The summed E-state index contributed by atoms with van der Waals surface area (Å²) in [5, 5.41) is 15.3. The van der Waals surface area contributed by atoms with Gasteiger partial charge in [0.2, 0.25) is 0 Å². The van der Waals surface area contributed by atoms with E-state index in [-0.39, 0.29) is 0 Å². The molecule has 12 rings (SSSR count). The van der Waals surface area contributed by atoms with Gasteiger partial charge in [0, 0.05) is 0 Å². The molecule has 0 spiro atoms. The Kier molecular flexibility index (Phi) is 9.75. The lowest BCUT2D eigenvalue weighted by Gasteiger charge is -2.19. The molecular weight excluding hydrogens is 817 g/mol. The standard InChI is InChI=1S/C68H54/c1-39-17-23-49(43(5)29-39)61-37-67-59-33-47(21-27-57(59)63(51-25-19-41(3)31-45(51)7)35-65(67)55-15-11-9-13-53(55)61)48-22-28-58-60(34-48)68-38-62(50-24-18-40(2)30-44(50)6)54-14-10-12-16-56(54)66(68)36-64(58)52-26-20-42(4)32-46(52)8/h9-38H,1-8H3. The van der Waals surface area contributed by atoms with Crippen LogP contribution < -0.4 is 0 Å². The molecule has 12 aromatic carbocycles. The molecule has 326 valence electrons. The Bertz CT molecular complexity index is 3830. The van der Waals surface area contributed by atoms with E-state index in [0.717, 1.165) is 0 Å². The third-order valence-corrected chi connectivity index (χ3v) is 15.0. The van der Waals surface area contributed by atoms with Crippen LogP contribution in [0, 0.1) is 55.4 Å². The number of hydrogen-bond donors (Lipinski definition) is 0. The lowest BCUT2D eigenvalue weighted by Crippen LogP contribution is -1.93. The molecule has 0 atom stereocenters. The molecule has 0 heteroatoms. The third-order valence-electron chi connectivity index (χ3n) is 15.0. The van der Waals surface area contributed by atoms with Crippen molar-refractivity contribution < 1.29 is 0 Å². The molecule has 0 aliphatic carbocycles. The predicted octanol–water partition coefficient (Wildman–Crippen LogP) is 19.4. The highest BCUT2D eigenvalue weighted by atomic mass is 14.2. The minimum atomic E-state index is 1.21. The summed E-state index contributed by atoms with van der Waals surface area (Å²) in [6, 6.07) is 70.0. The Labute approximate surface area is 400 Å². The van der Waals surface area contributed by atoms with Crippen molar-refractivity contribution in [3.05, 3.63) is 226 Å². The minimum absolute atomic E-state index is 1.21. The smallest absolute Gasteiger partial charge is 0.00921 e. The predicted molar refractivity (Wildman–Crippen MR) is 297 cm³/mol. The average Bonchev–Trinajstić information content (AvgIpc) is 3.33. The summed E-state index contributed by atoms with van der Waals surface area (Å²) in [5.74, 6) is 0. The fourth-order valence-corrected chi connectivity index (χ4v) is 11.7. The van der Waals surface area contributed by atoms with E-state index in [0.29, 0.717) is 0 Å². The average molecular weight is 871 g/mol. The summed E-state index contributed by atoms with van der Waals surface area (Å²) in [5.41, 5.74) is 22.9. The van der Waals surface area contributed by atoms with Crippen molar-refractivity contribution in [2.45, 2.75) is 55.4 Å². The molecule has 12 aromatic rings. The molecule has 0 bridgehead atoms. The quantitative estimate of drug-likeness (QED) is 0.151. The molecule has 0 heterocycles. The van der Waals surface area contributed by atoms with Gasteiger partial charge in [-0.3, -0.25) is 0 Å². The Hall–Kier alpha value is -7.80. The number of fused-ring (bicyclic) bond motifs is 10. The fraction of sp³-hybridized carbons (Fsp3) is 0.118. The normalized spacial score (nSPS) is 11.8. The van der Waals surface area contributed by atoms with Crippen molar-refractivity contribution in [3.63, 3.8) is 0 Å². The zero-order valence-electron chi connectivity index (χ0n) is 40.3. The Balaban J connectivity index is 1.18. The van der Waals surface area contributed by atoms with E-state index in [9.17, 15) is 0 Å². The molecule has 0 saturated heterocycles. The highest BCUT2D eigenvalue weighted by molar-refractivity contribution is 6.26. The fourth-order valence-electron chi connectivity index (χ4n) is 11.7. The lowest BCUT2D eigenvalue weighted by atomic mass is 9.84. The first-order valence-corrected chi connectivity index (χ1v) is 24.1. The van der Waals surface area contributed by atoms with E-state index in [4.69, 9.17) is 0 Å². The molecule has 0 radical (unpaired) electrons. The molecule has 0 unspecified atom stereocenters. The Morgan fingerprint density at radius 3 is 0.721 bits per heavy atom. The second kappa shape index (κ2) is 15.9. The van der Waals surface area contributed by atoms with Crippen LogP contribution in [0.5, 0.6) is 0 Å². The summed E-state index contributed by atoms with van der Waals surface area (Å²) < 4.78 is 0. The summed E-state index contributed by atoms with van der Waals surface area (Å²) in [6.45, 7) is 17.8. The van der Waals surface area contributed by atoms with E-state index in [1.165, 1.54) is 165 Å². The maximum absolute atomic E-state index is 2.49. The van der Waals surface area contributed by atoms with Crippen LogP contribution in [0.3, 0.4) is 0 Å². The number of benzene rings is 12. The van der Waals surface area contributed by atoms with Crippen molar-refractivity contribution in [2.75, 3.05) is 0 Å². The number of hydrogen-bond acceptors (Lipinski definition) is 0. The van der Waals surface area contributed by atoms with E-state index >= 15 is 0 Å². The van der Waals surface area contributed by atoms with Crippen LogP contribution in [-0.4, -0.2) is 0 Å². The van der Waals surface area contributed by atoms with Crippen LogP contribution in [0.4, 0.5) is 0 Å². The Morgan fingerprint density at radius 1 is 0.176 bits per heavy atom. The molecular formula is C68H54. The van der Waals surface area contributed by atoms with Gasteiger partial charge in [-0.15, -0.1) is 0 Å². The van der Waals surface area contributed by atoms with Crippen LogP contribution in [0.25, 0.3) is 120 Å². The van der Waals surface area contributed by atoms with Crippen molar-refractivity contribution in [3.8, 4) is 55.6 Å². The van der Waals surface area contributed by atoms with Gasteiger partial charge >= 0.3 is 0 Å². The molecule has 0 aliphatic heterocycles. The first-order chi connectivity index (χ1) is 33.0. The van der Waals surface area contributed by atoms with E-state index in [1.807, 2.05) is 0 Å². The third kappa shape index (κ3) is 6.73. The minimum Gasteiger partial charge on any atom is -0.0616 e. The maximum atomic E-state index is 2.49. The maximum Gasteiger partial charge on any atom is -0.00921 e. The van der Waals surface area contributed by atoms with E-state index in [2.05, 4.69) is 237 Å². The molecule has 0 amide bonds. The molecule has 0 saturated carbocycles. The van der Waals surface area contributed by atoms with E-state index in [1.54, 1.807) is 0 Å². The summed E-state index contributed by atoms with van der Waals surface area (Å²) in [7, 11) is 0. The van der Waals surface area contributed by atoms with Gasteiger partial charge in [-0.05, 0) is 234 Å². The van der Waals surface area contributed by atoms with Crippen LogP contribution >= 0.6 is 0 Å². The zero-order valence-corrected chi connectivity index (χ0v) is 40.3. The number of aryl methyl sites for hydroxylation is 8. The number of rotatable bonds is 5. The van der Waals surface area contributed by atoms with Gasteiger partial charge in [-0.1, -0.05) is 168 Å². The highest BCUT2D eigenvalue weighted by Crippen LogP contribution is 2.47. The summed E-state index contributed by atoms with van der Waals surface area (Å²) in [6.07, 6.45) is 0. The SMILES string of the molecule is Cc1ccc(-c2cc3c4cc(-c5ccc6c(-c7ccc(C)cc7C)cc7c8ccccc8c(-c8ccc(C)cc8C)cc7c6c5)ccc4c(-c4ccc(C)cc4C)cc3c3ccccc23)c(C)c1. The Morgan fingerprint density at radius 2 is 0.426 bits per heavy atom. The second-order valence-electron chi connectivity index (χ2n) is 19.8. The van der Waals surface area contributed by atoms with Gasteiger partial charge in [-0.25, -0.2) is 0 Å². The second-order valence-corrected chi connectivity index (χ2v) is 19.8. The largest absolute Gasteiger partial charge is 0.0616 e. The topological polar surface area (TPSA) is 0 Å². The van der Waals surface area contributed by atoms with Gasteiger partial charge in [0.05, 0.1) is 0 Å². The molecule has 68 heavy (non-hydrogen) atoms. The van der Waals surface area contributed by atoms with Gasteiger partial charge in [0.1, 0.15) is 0 Å². The monoisotopic (exact) mass is 870 g/mol. The zero-order chi connectivity index (χ0) is 46.5. The van der Waals surface area contributed by atoms with Gasteiger partial charge < -0.3 is 0 Å². The van der Waals surface area contributed by atoms with Gasteiger partial charge in [0.15, 0.2) is 0 Å². The van der Waals surface area contributed by atoms with Crippen molar-refractivity contribution in [2.24, 2.45) is 0 Å². The first kappa shape index (κ1) is 41.6. The van der Waals surface area contributed by atoms with Crippen molar-refractivity contribution in [1.29, 1.82) is 0 Å². The van der Waals surface area contributed by atoms with Crippen LogP contribution in [0.1, 0.15) is 44.5 Å². The van der Waals surface area contributed by atoms with Crippen LogP contribution in [0.15, 0.2) is 182 Å².